The lowest BCUT2D eigenvalue weighted by Crippen LogP contribution is -2.42. The van der Waals surface area contributed by atoms with Gasteiger partial charge in [0.2, 0.25) is 0 Å². The molecule has 0 bridgehead atoms. The molecule has 0 aromatic carbocycles. The van der Waals surface area contributed by atoms with E-state index in [1.807, 2.05) is 6.92 Å². The number of aliphatic hydroxyl groups is 1. The summed E-state index contributed by atoms with van der Waals surface area (Å²) in [7, 11) is 2.19. The molecule has 0 amide bonds. The van der Waals surface area contributed by atoms with Crippen molar-refractivity contribution in [1.29, 1.82) is 0 Å². The number of nitrogens with two attached hydrogens (primary N) is 1. The zero-order valence-electron chi connectivity index (χ0n) is 9.50. The summed E-state index contributed by atoms with van der Waals surface area (Å²) < 4.78 is 0. The highest BCUT2D eigenvalue weighted by atomic mass is 16.3. The fourth-order valence-electron chi connectivity index (χ4n) is 1.82. The third-order valence-electron chi connectivity index (χ3n) is 3.32. The predicted molar refractivity (Wildman–Crippen MR) is 59.2 cm³/mol. The van der Waals surface area contributed by atoms with Gasteiger partial charge in [0.25, 0.3) is 0 Å². The molecule has 3 heteroatoms. The van der Waals surface area contributed by atoms with E-state index in [0.29, 0.717) is 0 Å². The average Bonchev–Trinajstić information content (AvgIpc) is 2.01. The Morgan fingerprint density at radius 1 is 1.50 bits per heavy atom. The lowest BCUT2D eigenvalue weighted by molar-refractivity contribution is 0.146. The Hall–Kier alpha value is -0.120. The van der Waals surface area contributed by atoms with E-state index in [1.165, 1.54) is 19.3 Å². The van der Waals surface area contributed by atoms with Crippen molar-refractivity contribution in [3.63, 3.8) is 0 Å². The van der Waals surface area contributed by atoms with Crippen LogP contribution in [0.3, 0.4) is 0 Å². The normalized spacial score (nSPS) is 22.1. The number of rotatable bonds is 6. The van der Waals surface area contributed by atoms with Gasteiger partial charge in [-0.05, 0) is 46.2 Å². The SMILES string of the molecule is CN(CCCC(C)(N)CO)C1CCC1. The molecular formula is C11H24N2O. The smallest absolute Gasteiger partial charge is 0.0608 e. The van der Waals surface area contributed by atoms with E-state index in [0.717, 1.165) is 25.4 Å². The Balaban J connectivity index is 2.08. The number of aliphatic hydroxyl groups excluding tert-OH is 1. The summed E-state index contributed by atoms with van der Waals surface area (Å²) in [6.45, 7) is 3.11. The molecule has 0 aromatic heterocycles. The maximum atomic E-state index is 8.99. The molecule has 0 aliphatic heterocycles. The van der Waals surface area contributed by atoms with E-state index >= 15 is 0 Å². The summed E-state index contributed by atoms with van der Waals surface area (Å²) in [6, 6.07) is 0.813. The molecule has 0 spiro atoms. The van der Waals surface area contributed by atoms with Crippen LogP contribution < -0.4 is 5.73 Å². The third-order valence-corrected chi connectivity index (χ3v) is 3.32. The quantitative estimate of drug-likeness (QED) is 0.671. The molecule has 1 rings (SSSR count). The Morgan fingerprint density at radius 3 is 2.57 bits per heavy atom. The second kappa shape index (κ2) is 5.10. The van der Waals surface area contributed by atoms with Gasteiger partial charge < -0.3 is 15.7 Å². The van der Waals surface area contributed by atoms with E-state index in [-0.39, 0.29) is 12.1 Å². The van der Waals surface area contributed by atoms with Crippen LogP contribution in [-0.4, -0.2) is 41.8 Å². The van der Waals surface area contributed by atoms with Crippen molar-refractivity contribution in [2.24, 2.45) is 5.73 Å². The molecule has 84 valence electrons. The summed E-state index contributed by atoms with van der Waals surface area (Å²) in [5.74, 6) is 0. The van der Waals surface area contributed by atoms with E-state index < -0.39 is 0 Å². The first-order valence-corrected chi connectivity index (χ1v) is 5.65. The number of hydrogen-bond acceptors (Lipinski definition) is 3. The highest BCUT2D eigenvalue weighted by molar-refractivity contribution is 4.80. The number of hydrogen-bond donors (Lipinski definition) is 2. The first kappa shape index (κ1) is 12.0. The van der Waals surface area contributed by atoms with Crippen LogP contribution in [0.4, 0.5) is 0 Å². The van der Waals surface area contributed by atoms with Crippen LogP contribution in [0, 0.1) is 0 Å². The zero-order chi connectivity index (χ0) is 10.6. The van der Waals surface area contributed by atoms with Crippen LogP contribution in [0.1, 0.15) is 39.0 Å². The molecule has 1 aliphatic rings. The topological polar surface area (TPSA) is 49.5 Å². The van der Waals surface area contributed by atoms with Gasteiger partial charge in [0, 0.05) is 11.6 Å². The minimum atomic E-state index is -0.388. The monoisotopic (exact) mass is 200 g/mol. The minimum absolute atomic E-state index is 0.0835. The second-order valence-corrected chi connectivity index (χ2v) is 4.98. The van der Waals surface area contributed by atoms with Gasteiger partial charge in [-0.1, -0.05) is 6.42 Å². The average molecular weight is 200 g/mol. The molecule has 1 aliphatic carbocycles. The van der Waals surface area contributed by atoms with E-state index in [9.17, 15) is 0 Å². The van der Waals surface area contributed by atoms with E-state index in [4.69, 9.17) is 10.8 Å². The van der Waals surface area contributed by atoms with Crippen LogP contribution >= 0.6 is 0 Å². The van der Waals surface area contributed by atoms with Gasteiger partial charge in [-0.15, -0.1) is 0 Å². The molecule has 0 radical (unpaired) electrons. The van der Waals surface area contributed by atoms with Gasteiger partial charge in [-0.3, -0.25) is 0 Å². The van der Waals surface area contributed by atoms with Crippen molar-refractivity contribution in [2.45, 2.75) is 50.6 Å². The van der Waals surface area contributed by atoms with Gasteiger partial charge in [-0.2, -0.15) is 0 Å². The summed E-state index contributed by atoms with van der Waals surface area (Å²) in [5.41, 5.74) is 5.47. The molecule has 3 nitrogen and oxygen atoms in total. The number of nitrogens with zero attached hydrogens (tertiary/aromatic N) is 1. The lowest BCUT2D eigenvalue weighted by Gasteiger charge is -2.35. The molecule has 14 heavy (non-hydrogen) atoms. The highest BCUT2D eigenvalue weighted by Gasteiger charge is 2.22. The molecule has 1 atom stereocenters. The van der Waals surface area contributed by atoms with E-state index in [2.05, 4.69) is 11.9 Å². The Kier molecular flexibility index (Phi) is 4.35. The maximum Gasteiger partial charge on any atom is 0.0608 e. The Morgan fingerprint density at radius 2 is 2.14 bits per heavy atom. The minimum Gasteiger partial charge on any atom is -0.394 e. The van der Waals surface area contributed by atoms with Crippen LogP contribution in [0.15, 0.2) is 0 Å². The first-order valence-electron chi connectivity index (χ1n) is 5.65. The van der Waals surface area contributed by atoms with Crippen molar-refractivity contribution >= 4 is 0 Å². The predicted octanol–water partition coefficient (Wildman–Crippen LogP) is 0.961. The molecular weight excluding hydrogens is 176 g/mol. The lowest BCUT2D eigenvalue weighted by atomic mass is 9.91. The van der Waals surface area contributed by atoms with Crippen LogP contribution in [0.5, 0.6) is 0 Å². The standard InChI is InChI=1S/C11H24N2O/c1-11(12,9-14)7-4-8-13(2)10-5-3-6-10/h10,14H,3-9,12H2,1-2H3. The summed E-state index contributed by atoms with van der Waals surface area (Å²) in [5, 5.41) is 8.99. The van der Waals surface area contributed by atoms with Crippen LogP contribution in [0.25, 0.3) is 0 Å². The fraction of sp³-hybridized carbons (Fsp3) is 1.00. The van der Waals surface area contributed by atoms with Gasteiger partial charge in [0.15, 0.2) is 0 Å². The second-order valence-electron chi connectivity index (χ2n) is 4.98. The molecule has 3 N–H and O–H groups in total. The molecule has 1 saturated carbocycles. The van der Waals surface area contributed by atoms with Crippen molar-refractivity contribution in [1.82, 2.24) is 4.90 Å². The summed E-state index contributed by atoms with van der Waals surface area (Å²) >= 11 is 0. The van der Waals surface area contributed by atoms with Crippen LogP contribution in [-0.2, 0) is 0 Å². The Bertz CT molecular complexity index is 167. The van der Waals surface area contributed by atoms with Crippen molar-refractivity contribution in [2.75, 3.05) is 20.2 Å². The van der Waals surface area contributed by atoms with Crippen molar-refractivity contribution in [3.8, 4) is 0 Å². The Labute approximate surface area is 87.3 Å². The summed E-state index contributed by atoms with van der Waals surface area (Å²) in [6.07, 6.45) is 6.09. The van der Waals surface area contributed by atoms with Gasteiger partial charge >= 0.3 is 0 Å². The van der Waals surface area contributed by atoms with Crippen LogP contribution in [0.2, 0.25) is 0 Å². The highest BCUT2D eigenvalue weighted by Crippen LogP contribution is 2.23. The maximum absolute atomic E-state index is 8.99. The molecule has 1 unspecified atom stereocenters. The molecule has 0 aromatic rings. The van der Waals surface area contributed by atoms with Gasteiger partial charge in [-0.25, -0.2) is 0 Å². The van der Waals surface area contributed by atoms with Crippen molar-refractivity contribution < 1.29 is 5.11 Å². The molecule has 0 heterocycles. The van der Waals surface area contributed by atoms with E-state index in [1.54, 1.807) is 0 Å². The van der Waals surface area contributed by atoms with Crippen molar-refractivity contribution in [3.05, 3.63) is 0 Å². The largest absolute Gasteiger partial charge is 0.394 e. The van der Waals surface area contributed by atoms with Gasteiger partial charge in [0.1, 0.15) is 0 Å². The third kappa shape index (κ3) is 3.56. The molecule has 1 fully saturated rings. The summed E-state index contributed by atoms with van der Waals surface area (Å²) in [4.78, 5) is 2.43. The zero-order valence-corrected chi connectivity index (χ0v) is 9.50. The first-order chi connectivity index (χ1) is 6.55. The fourth-order valence-corrected chi connectivity index (χ4v) is 1.82. The molecule has 0 saturated heterocycles. The van der Waals surface area contributed by atoms with Gasteiger partial charge in [0.05, 0.1) is 6.61 Å².